The minimum atomic E-state index is 0.0524. The maximum absolute atomic E-state index is 13.0. The first-order chi connectivity index (χ1) is 17.6. The fraction of sp³-hybridized carbons (Fsp3) is 0.333. The van der Waals surface area contributed by atoms with Gasteiger partial charge < -0.3 is 18.9 Å². The fourth-order valence-corrected chi connectivity index (χ4v) is 5.07. The summed E-state index contributed by atoms with van der Waals surface area (Å²) in [6.07, 6.45) is 2.40. The first-order valence-corrected chi connectivity index (χ1v) is 12.7. The van der Waals surface area contributed by atoms with Crippen LogP contribution in [0.5, 0.6) is 11.5 Å². The molecule has 3 aromatic carbocycles. The number of aromatic nitrogens is 2. The number of fused-ring (bicyclic) bond motifs is 1. The minimum absolute atomic E-state index is 0.0524. The molecule has 6 nitrogen and oxygen atoms in total. The van der Waals surface area contributed by atoms with Gasteiger partial charge in [-0.15, -0.1) is 0 Å². The standard InChI is InChI=1S/C30H33N3O3/c1-22(23-10-4-3-5-11-23)33-21-24(20-29(33)34)30-31-27-12-6-7-13-28(27)32(30)18-8-9-19-36-26-16-14-25(35-2)15-17-26/h3-7,10-17,22,24H,8-9,18-21H2,1-2H3. The van der Waals surface area contributed by atoms with Crippen LogP contribution in [-0.2, 0) is 11.3 Å². The SMILES string of the molecule is COc1ccc(OCCCCn2c(C3CC(=O)N(C(C)c4ccccc4)C3)nc3ccccc32)cc1. The van der Waals surface area contributed by atoms with Crippen molar-refractivity contribution in [3.63, 3.8) is 0 Å². The molecular formula is C30H33N3O3. The number of carbonyl (C=O) groups excluding carboxylic acids is 1. The molecule has 186 valence electrons. The zero-order chi connectivity index (χ0) is 24.9. The van der Waals surface area contributed by atoms with Crippen LogP contribution in [0.15, 0.2) is 78.9 Å². The van der Waals surface area contributed by atoms with Crippen LogP contribution in [0, 0.1) is 0 Å². The largest absolute Gasteiger partial charge is 0.497 e. The maximum Gasteiger partial charge on any atom is 0.223 e. The molecule has 1 aliphatic rings. The molecule has 1 aromatic heterocycles. The van der Waals surface area contributed by atoms with Crippen molar-refractivity contribution in [1.29, 1.82) is 0 Å². The van der Waals surface area contributed by atoms with Gasteiger partial charge in [0.05, 0.1) is 30.8 Å². The second kappa shape index (κ2) is 10.9. The number of imidazole rings is 1. The zero-order valence-corrected chi connectivity index (χ0v) is 21.0. The Bertz CT molecular complexity index is 1300. The average molecular weight is 484 g/mol. The molecule has 1 saturated heterocycles. The number of ether oxygens (including phenoxy) is 2. The van der Waals surface area contributed by atoms with Gasteiger partial charge in [0.25, 0.3) is 0 Å². The summed E-state index contributed by atoms with van der Waals surface area (Å²) in [4.78, 5) is 20.0. The first-order valence-electron chi connectivity index (χ1n) is 12.7. The summed E-state index contributed by atoms with van der Waals surface area (Å²) >= 11 is 0. The van der Waals surface area contributed by atoms with E-state index >= 15 is 0 Å². The van der Waals surface area contributed by atoms with Crippen LogP contribution in [0.2, 0.25) is 0 Å². The molecule has 0 bridgehead atoms. The van der Waals surface area contributed by atoms with E-state index in [2.05, 4.69) is 41.8 Å². The Morgan fingerprint density at radius 2 is 1.67 bits per heavy atom. The van der Waals surface area contributed by atoms with E-state index in [0.29, 0.717) is 19.6 Å². The van der Waals surface area contributed by atoms with E-state index in [1.54, 1.807) is 7.11 Å². The number of amides is 1. The highest BCUT2D eigenvalue weighted by atomic mass is 16.5. The van der Waals surface area contributed by atoms with Gasteiger partial charge in [0.2, 0.25) is 5.91 Å². The number of nitrogens with zero attached hydrogens (tertiary/aromatic N) is 3. The Kier molecular flexibility index (Phi) is 7.21. The Balaban J connectivity index is 1.26. The minimum Gasteiger partial charge on any atom is -0.497 e. The lowest BCUT2D eigenvalue weighted by molar-refractivity contribution is -0.129. The lowest BCUT2D eigenvalue weighted by Crippen LogP contribution is -2.28. The molecule has 5 rings (SSSR count). The summed E-state index contributed by atoms with van der Waals surface area (Å²) in [7, 11) is 1.66. The van der Waals surface area contributed by atoms with Crippen molar-refractivity contribution in [2.75, 3.05) is 20.3 Å². The molecule has 4 aromatic rings. The third-order valence-electron chi connectivity index (χ3n) is 7.06. The van der Waals surface area contributed by atoms with E-state index in [0.717, 1.165) is 53.3 Å². The Morgan fingerprint density at radius 1 is 0.944 bits per heavy atom. The van der Waals surface area contributed by atoms with E-state index in [4.69, 9.17) is 14.5 Å². The highest BCUT2D eigenvalue weighted by molar-refractivity contribution is 5.81. The van der Waals surface area contributed by atoms with E-state index in [9.17, 15) is 4.79 Å². The monoisotopic (exact) mass is 483 g/mol. The highest BCUT2D eigenvalue weighted by Crippen LogP contribution is 2.35. The second-order valence-electron chi connectivity index (χ2n) is 9.38. The Hall–Kier alpha value is -3.80. The number of benzene rings is 3. The van der Waals surface area contributed by atoms with Crippen LogP contribution in [0.4, 0.5) is 0 Å². The predicted molar refractivity (Wildman–Crippen MR) is 141 cm³/mol. The molecule has 0 radical (unpaired) electrons. The molecule has 36 heavy (non-hydrogen) atoms. The van der Waals surface area contributed by atoms with Crippen LogP contribution >= 0.6 is 0 Å². The maximum atomic E-state index is 13.0. The molecule has 2 unspecified atom stereocenters. The van der Waals surface area contributed by atoms with Crippen molar-refractivity contribution >= 4 is 16.9 Å². The van der Waals surface area contributed by atoms with Gasteiger partial charge in [-0.25, -0.2) is 4.98 Å². The van der Waals surface area contributed by atoms with Gasteiger partial charge in [0, 0.05) is 25.4 Å². The summed E-state index contributed by atoms with van der Waals surface area (Å²) in [5, 5.41) is 0. The van der Waals surface area contributed by atoms with Crippen molar-refractivity contribution in [2.45, 2.75) is 44.7 Å². The number of hydrogen-bond donors (Lipinski definition) is 0. The van der Waals surface area contributed by atoms with E-state index < -0.39 is 0 Å². The van der Waals surface area contributed by atoms with Gasteiger partial charge in [0.1, 0.15) is 17.3 Å². The predicted octanol–water partition coefficient (Wildman–Crippen LogP) is 5.98. The molecule has 1 aliphatic heterocycles. The number of para-hydroxylation sites is 2. The van der Waals surface area contributed by atoms with Gasteiger partial charge in [0.15, 0.2) is 0 Å². The van der Waals surface area contributed by atoms with E-state index in [-0.39, 0.29) is 17.9 Å². The van der Waals surface area contributed by atoms with Crippen LogP contribution in [-0.4, -0.2) is 40.6 Å². The summed E-state index contributed by atoms with van der Waals surface area (Å²) in [6, 6.07) is 26.2. The first kappa shape index (κ1) is 23.9. The zero-order valence-electron chi connectivity index (χ0n) is 21.0. The molecule has 0 saturated carbocycles. The van der Waals surface area contributed by atoms with Crippen molar-refractivity contribution < 1.29 is 14.3 Å². The summed E-state index contributed by atoms with van der Waals surface area (Å²) in [5.41, 5.74) is 3.28. The molecule has 2 atom stereocenters. The van der Waals surface area contributed by atoms with Gasteiger partial charge in [-0.3, -0.25) is 4.79 Å². The van der Waals surface area contributed by atoms with Crippen molar-refractivity contribution in [1.82, 2.24) is 14.5 Å². The smallest absolute Gasteiger partial charge is 0.223 e. The molecule has 1 fully saturated rings. The molecule has 1 amide bonds. The van der Waals surface area contributed by atoms with Crippen LogP contribution in [0.3, 0.4) is 0 Å². The number of rotatable bonds is 10. The fourth-order valence-electron chi connectivity index (χ4n) is 5.07. The summed E-state index contributed by atoms with van der Waals surface area (Å²) in [5.74, 6) is 2.98. The highest BCUT2D eigenvalue weighted by Gasteiger charge is 2.36. The van der Waals surface area contributed by atoms with E-state index in [1.807, 2.05) is 53.4 Å². The lowest BCUT2D eigenvalue weighted by atomic mass is 10.1. The van der Waals surface area contributed by atoms with Crippen molar-refractivity contribution in [3.8, 4) is 11.5 Å². The van der Waals surface area contributed by atoms with Crippen molar-refractivity contribution in [3.05, 3.63) is 90.3 Å². The van der Waals surface area contributed by atoms with Gasteiger partial charge in [-0.05, 0) is 61.7 Å². The number of methoxy groups -OCH3 is 1. The summed E-state index contributed by atoms with van der Waals surface area (Å²) in [6.45, 7) is 4.31. The number of likely N-dealkylation sites (tertiary alicyclic amines) is 1. The van der Waals surface area contributed by atoms with Gasteiger partial charge >= 0.3 is 0 Å². The second-order valence-corrected chi connectivity index (χ2v) is 9.38. The van der Waals surface area contributed by atoms with Crippen LogP contribution < -0.4 is 9.47 Å². The van der Waals surface area contributed by atoms with Crippen molar-refractivity contribution in [2.24, 2.45) is 0 Å². The number of aryl methyl sites for hydroxylation is 1. The Morgan fingerprint density at radius 3 is 2.44 bits per heavy atom. The van der Waals surface area contributed by atoms with E-state index in [1.165, 1.54) is 0 Å². The lowest BCUT2D eigenvalue weighted by Gasteiger charge is -2.25. The summed E-state index contributed by atoms with van der Waals surface area (Å²) < 4.78 is 13.4. The third kappa shape index (κ3) is 5.08. The molecule has 2 heterocycles. The van der Waals surface area contributed by atoms with Gasteiger partial charge in [-0.2, -0.15) is 0 Å². The molecule has 0 aliphatic carbocycles. The Labute approximate surface area is 212 Å². The van der Waals surface area contributed by atoms with Crippen LogP contribution in [0.1, 0.15) is 49.5 Å². The molecular weight excluding hydrogens is 450 g/mol. The molecule has 6 heteroatoms. The molecule has 0 spiro atoms. The number of carbonyl (C=O) groups is 1. The number of unbranched alkanes of at least 4 members (excludes halogenated alkanes) is 1. The topological polar surface area (TPSA) is 56.6 Å². The third-order valence-corrected chi connectivity index (χ3v) is 7.06. The number of hydrogen-bond acceptors (Lipinski definition) is 4. The normalized spacial score (nSPS) is 16.4. The van der Waals surface area contributed by atoms with Gasteiger partial charge in [-0.1, -0.05) is 42.5 Å². The van der Waals surface area contributed by atoms with Crippen LogP contribution in [0.25, 0.3) is 11.0 Å². The average Bonchev–Trinajstić information content (AvgIpc) is 3.49. The molecule has 0 N–H and O–H groups in total. The quantitative estimate of drug-likeness (QED) is 0.260.